The van der Waals surface area contributed by atoms with Gasteiger partial charge in [-0.2, -0.15) is 0 Å². The summed E-state index contributed by atoms with van der Waals surface area (Å²) >= 11 is 0. The van der Waals surface area contributed by atoms with Gasteiger partial charge in [-0.05, 0) is 37.2 Å². The summed E-state index contributed by atoms with van der Waals surface area (Å²) in [6.07, 6.45) is 5.17. The first-order valence-corrected chi connectivity index (χ1v) is 3.70. The molecule has 0 amide bonds. The Hall–Kier alpha value is -0.480. The standard InChI is InChI=1S/C9H14/c1-3-9-6-4-8(2)5-7-9/h8H,1,4-7H2,2H3. The van der Waals surface area contributed by atoms with Crippen molar-refractivity contribution in [2.45, 2.75) is 32.6 Å². The SMILES string of the molecule is C=C=C1CCC(C)CC1. The lowest BCUT2D eigenvalue weighted by atomic mass is 9.88. The Kier molecular flexibility index (Phi) is 2.13. The van der Waals surface area contributed by atoms with Gasteiger partial charge in [0.1, 0.15) is 0 Å². The molecule has 1 saturated carbocycles. The number of allylic oxidation sites excluding steroid dienone is 1. The van der Waals surface area contributed by atoms with Crippen LogP contribution in [0, 0.1) is 5.92 Å². The average Bonchev–Trinajstić information content (AvgIpc) is 1.90. The van der Waals surface area contributed by atoms with E-state index < -0.39 is 0 Å². The predicted octanol–water partition coefficient (Wildman–Crippen LogP) is 2.91. The Balaban J connectivity index is 2.44. The molecule has 9 heavy (non-hydrogen) atoms. The second-order valence-corrected chi connectivity index (χ2v) is 2.96. The van der Waals surface area contributed by atoms with Gasteiger partial charge in [0.05, 0.1) is 0 Å². The predicted molar refractivity (Wildman–Crippen MR) is 40.3 cm³/mol. The molecule has 0 atom stereocenters. The fraction of sp³-hybridized carbons (Fsp3) is 0.667. The molecule has 1 fully saturated rings. The van der Waals surface area contributed by atoms with Crippen LogP contribution in [0.15, 0.2) is 17.9 Å². The second kappa shape index (κ2) is 2.89. The average molecular weight is 122 g/mol. The lowest BCUT2D eigenvalue weighted by Crippen LogP contribution is -2.02. The summed E-state index contributed by atoms with van der Waals surface area (Å²) in [5, 5.41) is 0. The minimum atomic E-state index is 0.932. The summed E-state index contributed by atoms with van der Waals surface area (Å²) in [5.74, 6) is 0.932. The Morgan fingerprint density at radius 3 is 2.44 bits per heavy atom. The van der Waals surface area contributed by atoms with Gasteiger partial charge in [0.25, 0.3) is 0 Å². The van der Waals surface area contributed by atoms with Gasteiger partial charge >= 0.3 is 0 Å². The van der Waals surface area contributed by atoms with E-state index in [0.717, 1.165) is 5.92 Å². The molecule has 0 aromatic heterocycles. The molecule has 1 aliphatic rings. The lowest BCUT2D eigenvalue weighted by molar-refractivity contribution is 0.444. The van der Waals surface area contributed by atoms with E-state index in [9.17, 15) is 0 Å². The zero-order chi connectivity index (χ0) is 6.69. The first-order chi connectivity index (χ1) is 4.33. The summed E-state index contributed by atoms with van der Waals surface area (Å²) in [5.41, 5.74) is 4.43. The molecule has 0 saturated heterocycles. The van der Waals surface area contributed by atoms with Crippen molar-refractivity contribution in [1.82, 2.24) is 0 Å². The molecule has 0 bridgehead atoms. The molecule has 0 aromatic rings. The van der Waals surface area contributed by atoms with Gasteiger partial charge in [-0.15, -0.1) is 5.73 Å². The maximum Gasteiger partial charge on any atom is -0.0242 e. The largest absolute Gasteiger partial charge is 0.130 e. The van der Waals surface area contributed by atoms with Crippen molar-refractivity contribution < 1.29 is 0 Å². The van der Waals surface area contributed by atoms with Gasteiger partial charge in [0.2, 0.25) is 0 Å². The van der Waals surface area contributed by atoms with E-state index in [4.69, 9.17) is 0 Å². The Morgan fingerprint density at radius 1 is 1.44 bits per heavy atom. The van der Waals surface area contributed by atoms with Crippen molar-refractivity contribution in [3.05, 3.63) is 17.9 Å². The topological polar surface area (TPSA) is 0 Å². The molecular weight excluding hydrogens is 108 g/mol. The summed E-state index contributed by atoms with van der Waals surface area (Å²) in [4.78, 5) is 0. The molecule has 0 radical (unpaired) electrons. The van der Waals surface area contributed by atoms with Gasteiger partial charge in [0, 0.05) is 0 Å². The van der Waals surface area contributed by atoms with Gasteiger partial charge in [0.15, 0.2) is 0 Å². The van der Waals surface area contributed by atoms with Crippen molar-refractivity contribution in [2.24, 2.45) is 5.92 Å². The van der Waals surface area contributed by atoms with Crippen molar-refractivity contribution in [2.75, 3.05) is 0 Å². The summed E-state index contributed by atoms with van der Waals surface area (Å²) < 4.78 is 0. The van der Waals surface area contributed by atoms with Gasteiger partial charge < -0.3 is 0 Å². The number of hydrogen-bond donors (Lipinski definition) is 0. The monoisotopic (exact) mass is 122 g/mol. The molecule has 0 unspecified atom stereocenters. The van der Waals surface area contributed by atoms with Crippen LogP contribution in [0.5, 0.6) is 0 Å². The van der Waals surface area contributed by atoms with E-state index in [2.05, 4.69) is 19.2 Å². The van der Waals surface area contributed by atoms with E-state index in [1.165, 1.54) is 31.3 Å². The summed E-state index contributed by atoms with van der Waals surface area (Å²) in [6, 6.07) is 0. The number of hydrogen-bond acceptors (Lipinski definition) is 0. The van der Waals surface area contributed by atoms with E-state index in [1.807, 2.05) is 0 Å². The molecule has 0 heteroatoms. The van der Waals surface area contributed by atoms with Crippen LogP contribution in [0.4, 0.5) is 0 Å². The zero-order valence-electron chi connectivity index (χ0n) is 6.11. The van der Waals surface area contributed by atoms with E-state index in [1.54, 1.807) is 0 Å². The molecule has 1 aliphatic carbocycles. The third kappa shape index (κ3) is 1.73. The maximum absolute atomic E-state index is 3.65. The highest BCUT2D eigenvalue weighted by Crippen LogP contribution is 2.26. The summed E-state index contributed by atoms with van der Waals surface area (Å²) in [6.45, 7) is 5.97. The molecule has 0 nitrogen and oxygen atoms in total. The van der Waals surface area contributed by atoms with Crippen LogP contribution in [-0.4, -0.2) is 0 Å². The third-order valence-corrected chi connectivity index (χ3v) is 2.13. The fourth-order valence-electron chi connectivity index (χ4n) is 1.29. The molecule has 0 N–H and O–H groups in total. The molecule has 1 rings (SSSR count). The first-order valence-electron chi connectivity index (χ1n) is 3.70. The van der Waals surface area contributed by atoms with Crippen LogP contribution in [0.25, 0.3) is 0 Å². The molecular formula is C9H14. The van der Waals surface area contributed by atoms with Gasteiger partial charge in [-0.25, -0.2) is 0 Å². The Bertz CT molecular complexity index is 128. The fourth-order valence-corrected chi connectivity index (χ4v) is 1.29. The van der Waals surface area contributed by atoms with Crippen LogP contribution < -0.4 is 0 Å². The highest BCUT2D eigenvalue weighted by molar-refractivity contribution is 5.01. The van der Waals surface area contributed by atoms with Crippen molar-refractivity contribution in [3.8, 4) is 0 Å². The highest BCUT2D eigenvalue weighted by Gasteiger charge is 2.10. The lowest BCUT2D eigenvalue weighted by Gasteiger charge is -2.17. The second-order valence-electron chi connectivity index (χ2n) is 2.96. The van der Waals surface area contributed by atoms with Crippen LogP contribution in [-0.2, 0) is 0 Å². The van der Waals surface area contributed by atoms with Gasteiger partial charge in [-0.3, -0.25) is 0 Å². The minimum Gasteiger partial charge on any atom is -0.130 e. The summed E-state index contributed by atoms with van der Waals surface area (Å²) in [7, 11) is 0. The molecule has 0 spiro atoms. The third-order valence-electron chi connectivity index (χ3n) is 2.13. The highest BCUT2D eigenvalue weighted by atomic mass is 14.2. The quantitative estimate of drug-likeness (QED) is 0.433. The van der Waals surface area contributed by atoms with Crippen LogP contribution in [0.3, 0.4) is 0 Å². The maximum atomic E-state index is 3.65. The molecule has 0 heterocycles. The minimum absolute atomic E-state index is 0.932. The number of rotatable bonds is 0. The van der Waals surface area contributed by atoms with E-state index >= 15 is 0 Å². The molecule has 50 valence electrons. The van der Waals surface area contributed by atoms with Gasteiger partial charge in [-0.1, -0.05) is 13.5 Å². The van der Waals surface area contributed by atoms with Crippen LogP contribution in [0.1, 0.15) is 32.6 Å². The smallest absolute Gasteiger partial charge is 0.0242 e. The Labute approximate surface area is 57.3 Å². The van der Waals surface area contributed by atoms with Crippen molar-refractivity contribution in [3.63, 3.8) is 0 Å². The zero-order valence-corrected chi connectivity index (χ0v) is 6.11. The normalized spacial score (nSPS) is 27.7. The van der Waals surface area contributed by atoms with Crippen molar-refractivity contribution in [1.29, 1.82) is 0 Å². The molecule has 0 aromatic carbocycles. The van der Waals surface area contributed by atoms with Crippen LogP contribution in [0.2, 0.25) is 0 Å². The Morgan fingerprint density at radius 2 is 2.00 bits per heavy atom. The first kappa shape index (κ1) is 6.64. The van der Waals surface area contributed by atoms with E-state index in [0.29, 0.717) is 0 Å². The van der Waals surface area contributed by atoms with Crippen molar-refractivity contribution >= 4 is 0 Å². The van der Waals surface area contributed by atoms with E-state index in [-0.39, 0.29) is 0 Å². The van der Waals surface area contributed by atoms with Crippen LogP contribution >= 0.6 is 0 Å². The molecule has 0 aliphatic heterocycles.